The zero-order valence-electron chi connectivity index (χ0n) is 10.3. The van der Waals surface area contributed by atoms with Gasteiger partial charge in [-0.1, -0.05) is 34.1 Å². The van der Waals surface area contributed by atoms with Gasteiger partial charge in [-0.3, -0.25) is 0 Å². The van der Waals surface area contributed by atoms with Gasteiger partial charge < -0.3 is 5.32 Å². The van der Waals surface area contributed by atoms with Crippen molar-refractivity contribution >= 4 is 15.9 Å². The summed E-state index contributed by atoms with van der Waals surface area (Å²) >= 11 is 3.66. The number of benzene rings is 1. The number of rotatable bonds is 1. The normalized spacial score (nSPS) is 29.0. The van der Waals surface area contributed by atoms with Crippen molar-refractivity contribution in [1.82, 2.24) is 5.32 Å². The van der Waals surface area contributed by atoms with Crippen LogP contribution in [0, 0.1) is 0 Å². The van der Waals surface area contributed by atoms with Crippen molar-refractivity contribution in [3.05, 3.63) is 34.3 Å². The van der Waals surface area contributed by atoms with Crippen molar-refractivity contribution in [3.8, 4) is 0 Å². The van der Waals surface area contributed by atoms with Crippen molar-refractivity contribution in [2.24, 2.45) is 0 Å². The van der Waals surface area contributed by atoms with Gasteiger partial charge in [-0.2, -0.15) is 0 Å². The number of nitrogens with one attached hydrogen (secondary N) is 1. The third-order valence-electron chi connectivity index (χ3n) is 3.56. The van der Waals surface area contributed by atoms with Gasteiger partial charge in [0.1, 0.15) is 0 Å². The standard InChI is InChI=1S/C14H20BrN/c1-13(2)9-6-10-14(3,16-13)11-7-4-5-8-12(11)15/h4-5,7-8,16H,6,9-10H2,1-3H3. The first-order valence-corrected chi connectivity index (χ1v) is 6.77. The fourth-order valence-electron chi connectivity index (χ4n) is 2.87. The molecule has 1 heterocycles. The Hall–Kier alpha value is -0.340. The SMILES string of the molecule is CC1(C)CCCC(C)(c2ccccc2Br)N1. The molecule has 88 valence electrons. The van der Waals surface area contributed by atoms with E-state index >= 15 is 0 Å². The fraction of sp³-hybridized carbons (Fsp3) is 0.571. The van der Waals surface area contributed by atoms with Crippen LogP contribution in [0.4, 0.5) is 0 Å². The lowest BCUT2D eigenvalue weighted by Gasteiger charge is -2.45. The van der Waals surface area contributed by atoms with Crippen molar-refractivity contribution in [2.45, 2.75) is 51.1 Å². The molecule has 1 nitrogen and oxygen atoms in total. The number of halogens is 1. The first-order valence-electron chi connectivity index (χ1n) is 5.97. The second-order valence-electron chi connectivity index (χ2n) is 5.67. The second kappa shape index (κ2) is 4.15. The third kappa shape index (κ3) is 2.33. The highest BCUT2D eigenvalue weighted by Crippen LogP contribution is 2.38. The highest BCUT2D eigenvalue weighted by Gasteiger charge is 2.37. The molecule has 1 aromatic carbocycles. The molecule has 0 aromatic heterocycles. The molecule has 2 rings (SSSR count). The molecule has 0 bridgehead atoms. The Morgan fingerprint density at radius 3 is 2.44 bits per heavy atom. The van der Waals surface area contributed by atoms with Gasteiger partial charge in [0.25, 0.3) is 0 Å². The number of hydrogen-bond donors (Lipinski definition) is 1. The van der Waals surface area contributed by atoms with Crippen LogP contribution in [0.3, 0.4) is 0 Å². The van der Waals surface area contributed by atoms with Crippen LogP contribution in [0.2, 0.25) is 0 Å². The maximum Gasteiger partial charge on any atom is 0.0421 e. The maximum atomic E-state index is 3.80. The number of hydrogen-bond acceptors (Lipinski definition) is 1. The first kappa shape index (κ1) is 12.1. The van der Waals surface area contributed by atoms with E-state index in [0.717, 1.165) is 0 Å². The molecule has 1 aliphatic heterocycles. The van der Waals surface area contributed by atoms with Gasteiger partial charge in [0.05, 0.1) is 0 Å². The summed E-state index contributed by atoms with van der Waals surface area (Å²) in [5.41, 5.74) is 1.71. The van der Waals surface area contributed by atoms with Crippen molar-refractivity contribution in [2.75, 3.05) is 0 Å². The molecule has 1 N–H and O–H groups in total. The van der Waals surface area contributed by atoms with E-state index in [9.17, 15) is 0 Å². The molecule has 2 heteroatoms. The highest BCUT2D eigenvalue weighted by molar-refractivity contribution is 9.10. The van der Waals surface area contributed by atoms with Gasteiger partial charge in [-0.15, -0.1) is 0 Å². The predicted molar refractivity (Wildman–Crippen MR) is 72.6 cm³/mol. The van der Waals surface area contributed by atoms with E-state index in [1.165, 1.54) is 29.3 Å². The zero-order chi connectivity index (χ0) is 11.8. The predicted octanol–water partition coefficient (Wildman–Crippen LogP) is 4.22. The van der Waals surface area contributed by atoms with Crippen LogP contribution < -0.4 is 5.32 Å². The summed E-state index contributed by atoms with van der Waals surface area (Å²) in [6.45, 7) is 6.90. The van der Waals surface area contributed by atoms with E-state index in [1.54, 1.807) is 0 Å². The summed E-state index contributed by atoms with van der Waals surface area (Å²) in [6, 6.07) is 8.54. The summed E-state index contributed by atoms with van der Waals surface area (Å²) < 4.78 is 1.21. The van der Waals surface area contributed by atoms with Crippen LogP contribution in [0.1, 0.15) is 45.6 Å². The van der Waals surface area contributed by atoms with Crippen molar-refractivity contribution < 1.29 is 0 Å². The smallest absolute Gasteiger partial charge is 0.0421 e. The van der Waals surface area contributed by atoms with Gasteiger partial charge in [0, 0.05) is 15.6 Å². The molecule has 1 fully saturated rings. The van der Waals surface area contributed by atoms with Crippen LogP contribution in [0.5, 0.6) is 0 Å². The average Bonchev–Trinajstić information content (AvgIpc) is 2.16. The lowest BCUT2D eigenvalue weighted by Crippen LogP contribution is -2.55. The Morgan fingerprint density at radius 1 is 1.12 bits per heavy atom. The third-order valence-corrected chi connectivity index (χ3v) is 4.25. The summed E-state index contributed by atoms with van der Waals surface area (Å²) in [5, 5.41) is 3.80. The Labute approximate surface area is 107 Å². The van der Waals surface area contributed by atoms with E-state index in [1.807, 2.05) is 0 Å². The Balaban J connectivity index is 2.35. The molecule has 0 saturated carbocycles. The van der Waals surface area contributed by atoms with Gasteiger partial charge in [-0.05, 0) is 51.7 Å². The quantitative estimate of drug-likeness (QED) is 0.813. The summed E-state index contributed by atoms with van der Waals surface area (Å²) in [5.74, 6) is 0. The Kier molecular flexibility index (Phi) is 3.15. The van der Waals surface area contributed by atoms with Gasteiger partial charge in [-0.25, -0.2) is 0 Å². The molecule has 0 aliphatic carbocycles. The molecular weight excluding hydrogens is 262 g/mol. The molecule has 0 spiro atoms. The Bertz CT molecular complexity index is 386. The number of piperidine rings is 1. The van der Waals surface area contributed by atoms with Crippen LogP contribution in [-0.2, 0) is 5.54 Å². The molecule has 1 aliphatic rings. The topological polar surface area (TPSA) is 12.0 Å². The van der Waals surface area contributed by atoms with Gasteiger partial charge in [0.2, 0.25) is 0 Å². The van der Waals surface area contributed by atoms with Crippen molar-refractivity contribution in [1.29, 1.82) is 0 Å². The molecule has 1 unspecified atom stereocenters. The van der Waals surface area contributed by atoms with Gasteiger partial charge in [0.15, 0.2) is 0 Å². The van der Waals surface area contributed by atoms with Crippen LogP contribution in [0.15, 0.2) is 28.7 Å². The Morgan fingerprint density at radius 2 is 1.81 bits per heavy atom. The minimum Gasteiger partial charge on any atom is -0.303 e. The molecule has 16 heavy (non-hydrogen) atoms. The summed E-state index contributed by atoms with van der Waals surface area (Å²) in [7, 11) is 0. The molecule has 0 amide bonds. The van der Waals surface area contributed by atoms with E-state index in [2.05, 4.69) is 66.3 Å². The van der Waals surface area contributed by atoms with Crippen molar-refractivity contribution in [3.63, 3.8) is 0 Å². The highest BCUT2D eigenvalue weighted by atomic mass is 79.9. The molecular formula is C14H20BrN. The monoisotopic (exact) mass is 281 g/mol. The average molecular weight is 282 g/mol. The first-order chi connectivity index (χ1) is 7.43. The fourth-order valence-corrected chi connectivity index (χ4v) is 3.59. The van der Waals surface area contributed by atoms with Crippen LogP contribution in [0.25, 0.3) is 0 Å². The minimum atomic E-state index is 0.0991. The maximum absolute atomic E-state index is 3.80. The minimum absolute atomic E-state index is 0.0991. The molecule has 1 atom stereocenters. The summed E-state index contributed by atoms with van der Waals surface area (Å²) in [4.78, 5) is 0. The van der Waals surface area contributed by atoms with Gasteiger partial charge >= 0.3 is 0 Å². The lowest BCUT2D eigenvalue weighted by atomic mass is 9.78. The zero-order valence-corrected chi connectivity index (χ0v) is 11.9. The van der Waals surface area contributed by atoms with E-state index < -0.39 is 0 Å². The van der Waals surface area contributed by atoms with E-state index in [0.29, 0.717) is 0 Å². The molecule has 0 radical (unpaired) electrons. The lowest BCUT2D eigenvalue weighted by molar-refractivity contribution is 0.167. The van der Waals surface area contributed by atoms with E-state index in [4.69, 9.17) is 0 Å². The largest absolute Gasteiger partial charge is 0.303 e. The van der Waals surface area contributed by atoms with E-state index in [-0.39, 0.29) is 11.1 Å². The molecule has 1 aromatic rings. The van der Waals surface area contributed by atoms with Crippen LogP contribution >= 0.6 is 15.9 Å². The molecule has 1 saturated heterocycles. The second-order valence-corrected chi connectivity index (χ2v) is 6.53. The van der Waals surface area contributed by atoms with Crippen LogP contribution in [-0.4, -0.2) is 5.54 Å². The summed E-state index contributed by atoms with van der Waals surface area (Å²) in [6.07, 6.45) is 3.75.